The lowest BCUT2D eigenvalue weighted by molar-refractivity contribution is -0.140. The zero-order valence-electron chi connectivity index (χ0n) is 9.52. The molecular weight excluding hydrogens is 270 g/mol. The van der Waals surface area contributed by atoms with Crippen LogP contribution in [0.15, 0.2) is 30.3 Å². The Morgan fingerprint density at radius 3 is 2.62 bits per heavy atom. The number of methoxy groups -OCH3 is 1. The van der Waals surface area contributed by atoms with Gasteiger partial charge in [-0.15, -0.1) is 0 Å². The molecule has 0 amide bonds. The Balaban J connectivity index is 2.42. The zero-order chi connectivity index (χ0) is 12.0. The molecule has 0 aliphatic carbocycles. The minimum Gasteiger partial charge on any atom is -0.468 e. The molecule has 0 radical (unpaired) electrons. The second-order valence-electron chi connectivity index (χ2n) is 3.67. The van der Waals surface area contributed by atoms with E-state index in [-0.39, 0.29) is 10.8 Å². The van der Waals surface area contributed by atoms with Crippen molar-refractivity contribution in [2.45, 2.75) is 11.4 Å². The van der Waals surface area contributed by atoms with Crippen molar-refractivity contribution >= 4 is 21.9 Å². The predicted octanol–water partition coefficient (Wildman–Crippen LogP) is 2.05. The van der Waals surface area contributed by atoms with E-state index in [4.69, 9.17) is 0 Å². The number of hydrogen-bond donors (Lipinski definition) is 0. The van der Waals surface area contributed by atoms with Crippen LogP contribution in [0.5, 0.6) is 0 Å². The van der Waals surface area contributed by atoms with E-state index in [1.807, 2.05) is 25.2 Å². The fourth-order valence-electron chi connectivity index (χ4n) is 1.44. The summed E-state index contributed by atoms with van der Waals surface area (Å²) in [5.41, 5.74) is 1.23. The zero-order valence-corrected chi connectivity index (χ0v) is 11.1. The molecule has 0 spiro atoms. The van der Waals surface area contributed by atoms with Gasteiger partial charge in [-0.25, -0.2) is 0 Å². The van der Waals surface area contributed by atoms with Crippen molar-refractivity contribution in [3.05, 3.63) is 35.9 Å². The second-order valence-corrected chi connectivity index (χ2v) is 4.78. The smallest absolute Gasteiger partial charge is 0.320 e. The van der Waals surface area contributed by atoms with Gasteiger partial charge < -0.3 is 9.64 Å². The first-order valence-electron chi connectivity index (χ1n) is 5.08. The molecule has 0 saturated carbocycles. The fourth-order valence-corrected chi connectivity index (χ4v) is 2.12. The lowest BCUT2D eigenvalue weighted by atomic mass is 10.2. The third-order valence-corrected chi connectivity index (χ3v) is 2.89. The molecule has 1 unspecified atom stereocenters. The number of hydrogen-bond acceptors (Lipinski definition) is 3. The van der Waals surface area contributed by atoms with E-state index in [1.54, 1.807) is 0 Å². The highest BCUT2D eigenvalue weighted by Crippen LogP contribution is 2.07. The lowest BCUT2D eigenvalue weighted by Crippen LogP contribution is -2.31. The summed E-state index contributed by atoms with van der Waals surface area (Å²) in [6.45, 7) is 1.45. The van der Waals surface area contributed by atoms with Gasteiger partial charge in [0.25, 0.3) is 0 Å². The van der Waals surface area contributed by atoms with Crippen LogP contribution < -0.4 is 0 Å². The summed E-state index contributed by atoms with van der Waals surface area (Å²) < 4.78 is 4.65. The number of rotatable bonds is 5. The molecule has 0 aliphatic rings. The van der Waals surface area contributed by atoms with Crippen LogP contribution in [0.4, 0.5) is 0 Å². The largest absolute Gasteiger partial charge is 0.468 e. The van der Waals surface area contributed by atoms with E-state index >= 15 is 0 Å². The highest BCUT2D eigenvalue weighted by atomic mass is 79.9. The summed E-state index contributed by atoms with van der Waals surface area (Å²) >= 11 is 3.30. The minimum atomic E-state index is -0.272. The maximum atomic E-state index is 11.2. The predicted molar refractivity (Wildman–Crippen MR) is 67.5 cm³/mol. The molecule has 0 aromatic heterocycles. The number of benzene rings is 1. The van der Waals surface area contributed by atoms with Crippen molar-refractivity contribution in [1.29, 1.82) is 0 Å². The van der Waals surface area contributed by atoms with Crippen LogP contribution in [0.2, 0.25) is 0 Å². The third-order valence-electron chi connectivity index (χ3n) is 2.22. The molecule has 1 atom stereocenters. The highest BCUT2D eigenvalue weighted by molar-refractivity contribution is 9.10. The van der Waals surface area contributed by atoms with Gasteiger partial charge in [0, 0.05) is 13.1 Å². The van der Waals surface area contributed by atoms with E-state index in [0.29, 0.717) is 6.54 Å². The summed E-state index contributed by atoms with van der Waals surface area (Å²) in [5.74, 6) is -0.236. The van der Waals surface area contributed by atoms with Gasteiger partial charge in [-0.1, -0.05) is 46.3 Å². The number of nitrogens with zero attached hydrogens (tertiary/aromatic N) is 1. The van der Waals surface area contributed by atoms with Gasteiger partial charge in [0.2, 0.25) is 0 Å². The number of ether oxygens (including phenoxy) is 1. The highest BCUT2D eigenvalue weighted by Gasteiger charge is 2.17. The summed E-state index contributed by atoms with van der Waals surface area (Å²) in [6, 6.07) is 10.1. The normalized spacial score (nSPS) is 12.5. The van der Waals surface area contributed by atoms with E-state index in [1.165, 1.54) is 12.7 Å². The molecule has 1 aromatic rings. The Morgan fingerprint density at radius 2 is 2.06 bits per heavy atom. The maximum Gasteiger partial charge on any atom is 0.320 e. The van der Waals surface area contributed by atoms with Crippen LogP contribution in [0.25, 0.3) is 0 Å². The van der Waals surface area contributed by atoms with Crippen molar-refractivity contribution in [3.63, 3.8) is 0 Å². The van der Waals surface area contributed by atoms with Gasteiger partial charge in [-0.3, -0.25) is 4.79 Å². The van der Waals surface area contributed by atoms with Crippen LogP contribution in [-0.2, 0) is 16.1 Å². The minimum absolute atomic E-state index is 0.236. The molecule has 0 aliphatic heterocycles. The molecule has 0 saturated heterocycles. The number of esters is 1. The first-order chi connectivity index (χ1) is 7.63. The monoisotopic (exact) mass is 285 g/mol. The average Bonchev–Trinajstić information content (AvgIpc) is 2.29. The topological polar surface area (TPSA) is 29.5 Å². The molecule has 16 heavy (non-hydrogen) atoms. The second kappa shape index (κ2) is 6.66. The van der Waals surface area contributed by atoms with Crippen LogP contribution in [-0.4, -0.2) is 36.4 Å². The molecule has 0 bridgehead atoms. The summed E-state index contributed by atoms with van der Waals surface area (Å²) in [5, 5.41) is 0. The van der Waals surface area contributed by atoms with Gasteiger partial charge in [0.1, 0.15) is 4.83 Å². The third kappa shape index (κ3) is 4.33. The molecule has 0 N–H and O–H groups in total. The Kier molecular flexibility index (Phi) is 5.49. The lowest BCUT2D eigenvalue weighted by Gasteiger charge is -2.18. The molecule has 88 valence electrons. The maximum absolute atomic E-state index is 11.2. The van der Waals surface area contributed by atoms with E-state index in [2.05, 4.69) is 37.7 Å². The van der Waals surface area contributed by atoms with Crippen LogP contribution in [0, 0.1) is 0 Å². The molecule has 3 nitrogen and oxygen atoms in total. The number of halogens is 1. The number of carbonyl (C=O) groups excluding carboxylic acids is 1. The van der Waals surface area contributed by atoms with Gasteiger partial charge in [0.05, 0.1) is 7.11 Å². The molecule has 4 heteroatoms. The van der Waals surface area contributed by atoms with Crippen molar-refractivity contribution in [2.75, 3.05) is 20.7 Å². The van der Waals surface area contributed by atoms with Gasteiger partial charge in [-0.05, 0) is 12.6 Å². The molecular formula is C12H16BrNO2. The van der Waals surface area contributed by atoms with E-state index in [0.717, 1.165) is 6.54 Å². The van der Waals surface area contributed by atoms with Crippen LogP contribution in [0.3, 0.4) is 0 Å². The Labute approximate surface area is 105 Å². The van der Waals surface area contributed by atoms with Gasteiger partial charge in [0.15, 0.2) is 0 Å². The van der Waals surface area contributed by atoms with Crippen LogP contribution >= 0.6 is 15.9 Å². The number of carbonyl (C=O) groups is 1. The summed E-state index contributed by atoms with van der Waals surface area (Å²) in [7, 11) is 3.37. The molecule has 1 rings (SSSR count). The molecule has 1 aromatic carbocycles. The molecule has 0 fully saturated rings. The van der Waals surface area contributed by atoms with Crippen molar-refractivity contribution < 1.29 is 9.53 Å². The Hall–Kier alpha value is -0.870. The molecule has 0 heterocycles. The van der Waals surface area contributed by atoms with Crippen molar-refractivity contribution in [2.24, 2.45) is 0 Å². The standard InChI is InChI=1S/C12H16BrNO2/c1-14(9-11(13)12(15)16-2)8-10-6-4-3-5-7-10/h3-7,11H,8-9H2,1-2H3. The fraction of sp³-hybridized carbons (Fsp3) is 0.417. The van der Waals surface area contributed by atoms with Crippen molar-refractivity contribution in [3.8, 4) is 0 Å². The van der Waals surface area contributed by atoms with E-state index < -0.39 is 0 Å². The first kappa shape index (κ1) is 13.2. The van der Waals surface area contributed by atoms with E-state index in [9.17, 15) is 4.79 Å². The van der Waals surface area contributed by atoms with Crippen LogP contribution in [0.1, 0.15) is 5.56 Å². The summed E-state index contributed by atoms with van der Waals surface area (Å²) in [6.07, 6.45) is 0. The van der Waals surface area contributed by atoms with Crippen molar-refractivity contribution in [1.82, 2.24) is 4.90 Å². The number of alkyl halides is 1. The Bertz CT molecular complexity index is 329. The average molecular weight is 286 g/mol. The summed E-state index contributed by atoms with van der Waals surface area (Å²) in [4.78, 5) is 13.0. The first-order valence-corrected chi connectivity index (χ1v) is 5.99. The van der Waals surface area contributed by atoms with Gasteiger partial charge in [-0.2, -0.15) is 0 Å². The van der Waals surface area contributed by atoms with Gasteiger partial charge >= 0.3 is 5.97 Å². The quantitative estimate of drug-likeness (QED) is 0.613. The SMILES string of the molecule is COC(=O)C(Br)CN(C)Cc1ccccc1. The Morgan fingerprint density at radius 1 is 1.44 bits per heavy atom.